The molecule has 0 aliphatic carbocycles. The average Bonchev–Trinajstić information content (AvgIpc) is 2.68. The van der Waals surface area contributed by atoms with E-state index in [9.17, 15) is 0 Å². The molecule has 0 spiro atoms. The lowest BCUT2D eigenvalue weighted by atomic mass is 10.1. The third-order valence-corrected chi connectivity index (χ3v) is 3.58. The van der Waals surface area contributed by atoms with Gasteiger partial charge in [-0.05, 0) is 42.7 Å². The molecule has 96 valence electrons. The maximum absolute atomic E-state index is 6.05. The van der Waals surface area contributed by atoms with Crippen molar-refractivity contribution in [2.24, 2.45) is 0 Å². The number of aromatic nitrogens is 2. The minimum absolute atomic E-state index is 0.573. The fraction of sp³-hybridized carbons (Fsp3) is 0.188. The van der Waals surface area contributed by atoms with Gasteiger partial charge in [-0.2, -0.15) is 0 Å². The quantitative estimate of drug-likeness (QED) is 0.759. The normalized spacial score (nSPS) is 11.1. The molecule has 0 atom stereocenters. The minimum Gasteiger partial charge on any atom is -0.369 e. The number of fused-ring (bicyclic) bond motifs is 1. The van der Waals surface area contributed by atoms with Gasteiger partial charge < -0.3 is 10.3 Å². The zero-order valence-electron chi connectivity index (χ0n) is 11.2. The number of nitrogens with zero attached hydrogens (tertiary/aromatic N) is 2. The Morgan fingerprint density at radius 1 is 1.05 bits per heavy atom. The lowest BCUT2D eigenvalue weighted by Crippen LogP contribution is -2.04. The molecule has 0 fully saturated rings. The largest absolute Gasteiger partial charge is 0.369 e. The molecule has 0 unspecified atom stereocenters. The maximum atomic E-state index is 6.05. The van der Waals surface area contributed by atoms with Gasteiger partial charge in [-0.25, -0.2) is 4.98 Å². The third kappa shape index (κ3) is 2.08. The Bertz CT molecular complexity index is 727. The molecular weight excluding hydrogens is 234 g/mol. The van der Waals surface area contributed by atoms with Gasteiger partial charge in [0.05, 0.1) is 17.6 Å². The molecule has 1 aromatic heterocycles. The number of hydrogen-bond donors (Lipinski definition) is 1. The summed E-state index contributed by atoms with van der Waals surface area (Å²) < 4.78 is 2.07. The van der Waals surface area contributed by atoms with Crippen LogP contribution in [0.2, 0.25) is 0 Å². The SMILES string of the molecule is Cc1cc2nc(N)n(Cc3ccccc3)c2cc1C. The third-order valence-electron chi connectivity index (χ3n) is 3.58. The Morgan fingerprint density at radius 2 is 1.74 bits per heavy atom. The first-order valence-corrected chi connectivity index (χ1v) is 6.42. The number of nitrogens with two attached hydrogens (primary N) is 1. The molecule has 3 heteroatoms. The van der Waals surface area contributed by atoms with E-state index in [0.717, 1.165) is 17.6 Å². The Labute approximate surface area is 112 Å². The summed E-state index contributed by atoms with van der Waals surface area (Å²) in [6.07, 6.45) is 0. The van der Waals surface area contributed by atoms with Gasteiger partial charge in [0.2, 0.25) is 5.95 Å². The van der Waals surface area contributed by atoms with E-state index in [1.807, 2.05) is 18.2 Å². The van der Waals surface area contributed by atoms with E-state index < -0.39 is 0 Å². The van der Waals surface area contributed by atoms with Gasteiger partial charge in [-0.3, -0.25) is 0 Å². The molecule has 0 saturated carbocycles. The van der Waals surface area contributed by atoms with Crippen molar-refractivity contribution in [2.45, 2.75) is 20.4 Å². The van der Waals surface area contributed by atoms with Gasteiger partial charge in [0, 0.05) is 0 Å². The summed E-state index contributed by atoms with van der Waals surface area (Å²) in [6.45, 7) is 4.97. The van der Waals surface area contributed by atoms with Crippen LogP contribution < -0.4 is 5.73 Å². The van der Waals surface area contributed by atoms with E-state index in [1.54, 1.807) is 0 Å². The van der Waals surface area contributed by atoms with Crippen LogP contribution in [0, 0.1) is 13.8 Å². The molecule has 0 saturated heterocycles. The first-order chi connectivity index (χ1) is 9.15. The highest BCUT2D eigenvalue weighted by Crippen LogP contribution is 2.22. The van der Waals surface area contributed by atoms with Crippen LogP contribution in [0.3, 0.4) is 0 Å². The monoisotopic (exact) mass is 251 g/mol. The number of benzene rings is 2. The zero-order chi connectivity index (χ0) is 13.4. The van der Waals surface area contributed by atoms with Crippen LogP contribution in [0.25, 0.3) is 11.0 Å². The van der Waals surface area contributed by atoms with E-state index >= 15 is 0 Å². The molecule has 2 N–H and O–H groups in total. The van der Waals surface area contributed by atoms with Crippen molar-refractivity contribution < 1.29 is 0 Å². The second-order valence-corrected chi connectivity index (χ2v) is 4.97. The molecule has 0 bridgehead atoms. The molecule has 2 aromatic carbocycles. The molecule has 0 aliphatic rings. The highest BCUT2D eigenvalue weighted by atomic mass is 15.1. The minimum atomic E-state index is 0.573. The van der Waals surface area contributed by atoms with Crippen molar-refractivity contribution in [3.05, 3.63) is 59.2 Å². The second-order valence-electron chi connectivity index (χ2n) is 4.97. The van der Waals surface area contributed by atoms with E-state index in [1.165, 1.54) is 16.7 Å². The van der Waals surface area contributed by atoms with Crippen LogP contribution in [0.15, 0.2) is 42.5 Å². The molecule has 0 radical (unpaired) electrons. The molecule has 0 amide bonds. The van der Waals surface area contributed by atoms with Crippen LogP contribution >= 0.6 is 0 Å². The van der Waals surface area contributed by atoms with Gasteiger partial charge in [0.15, 0.2) is 0 Å². The molecular formula is C16H17N3. The summed E-state index contributed by atoms with van der Waals surface area (Å²) in [5, 5.41) is 0. The van der Waals surface area contributed by atoms with Crippen molar-refractivity contribution in [1.29, 1.82) is 0 Å². The van der Waals surface area contributed by atoms with Crippen molar-refractivity contribution in [3.63, 3.8) is 0 Å². The predicted octanol–water partition coefficient (Wildman–Crippen LogP) is 3.28. The fourth-order valence-corrected chi connectivity index (χ4v) is 2.33. The molecule has 3 aromatic rings. The Morgan fingerprint density at radius 3 is 2.47 bits per heavy atom. The summed E-state index contributed by atoms with van der Waals surface area (Å²) in [5.74, 6) is 0.573. The first kappa shape index (κ1) is 11.8. The number of rotatable bonds is 2. The molecule has 19 heavy (non-hydrogen) atoms. The Balaban J connectivity index is 2.13. The standard InChI is InChI=1S/C16H17N3/c1-11-8-14-15(9-12(11)2)19(16(17)18-14)10-13-6-4-3-5-7-13/h3-9H,10H2,1-2H3,(H2,17,18). The van der Waals surface area contributed by atoms with Crippen LogP contribution in [0.4, 0.5) is 5.95 Å². The second kappa shape index (κ2) is 4.43. The van der Waals surface area contributed by atoms with Gasteiger partial charge >= 0.3 is 0 Å². The smallest absolute Gasteiger partial charge is 0.201 e. The van der Waals surface area contributed by atoms with Crippen LogP contribution in [0.5, 0.6) is 0 Å². The van der Waals surface area contributed by atoms with Crippen molar-refractivity contribution in [1.82, 2.24) is 9.55 Å². The van der Waals surface area contributed by atoms with Crippen molar-refractivity contribution in [3.8, 4) is 0 Å². The van der Waals surface area contributed by atoms with Gasteiger partial charge in [0.25, 0.3) is 0 Å². The number of anilines is 1. The summed E-state index contributed by atoms with van der Waals surface area (Å²) >= 11 is 0. The molecule has 3 nitrogen and oxygen atoms in total. The summed E-state index contributed by atoms with van der Waals surface area (Å²) in [4.78, 5) is 4.45. The van der Waals surface area contributed by atoms with Crippen LogP contribution in [-0.2, 0) is 6.54 Å². The summed E-state index contributed by atoms with van der Waals surface area (Å²) in [5.41, 5.74) is 11.9. The summed E-state index contributed by atoms with van der Waals surface area (Å²) in [7, 11) is 0. The zero-order valence-corrected chi connectivity index (χ0v) is 11.2. The number of aryl methyl sites for hydroxylation is 2. The lowest BCUT2D eigenvalue weighted by molar-refractivity contribution is 0.838. The molecule has 1 heterocycles. The Hall–Kier alpha value is -2.29. The fourth-order valence-electron chi connectivity index (χ4n) is 2.33. The maximum Gasteiger partial charge on any atom is 0.201 e. The van der Waals surface area contributed by atoms with E-state index in [0.29, 0.717) is 5.95 Å². The lowest BCUT2D eigenvalue weighted by Gasteiger charge is -2.07. The highest BCUT2D eigenvalue weighted by Gasteiger charge is 2.09. The van der Waals surface area contributed by atoms with Gasteiger partial charge in [-0.15, -0.1) is 0 Å². The van der Waals surface area contributed by atoms with Crippen LogP contribution in [-0.4, -0.2) is 9.55 Å². The van der Waals surface area contributed by atoms with E-state index in [4.69, 9.17) is 5.73 Å². The average molecular weight is 251 g/mol. The molecule has 3 rings (SSSR count). The number of imidazole rings is 1. The van der Waals surface area contributed by atoms with Crippen LogP contribution in [0.1, 0.15) is 16.7 Å². The first-order valence-electron chi connectivity index (χ1n) is 6.42. The van der Waals surface area contributed by atoms with E-state index in [-0.39, 0.29) is 0 Å². The van der Waals surface area contributed by atoms with E-state index in [2.05, 4.69) is 47.7 Å². The highest BCUT2D eigenvalue weighted by molar-refractivity contribution is 5.80. The van der Waals surface area contributed by atoms with Gasteiger partial charge in [-0.1, -0.05) is 30.3 Å². The Kier molecular flexibility index (Phi) is 2.75. The number of nitrogen functional groups attached to an aromatic ring is 1. The summed E-state index contributed by atoms with van der Waals surface area (Å²) in [6, 6.07) is 14.6. The molecule has 0 aliphatic heterocycles. The predicted molar refractivity (Wildman–Crippen MR) is 79.2 cm³/mol. The van der Waals surface area contributed by atoms with Gasteiger partial charge in [0.1, 0.15) is 0 Å². The van der Waals surface area contributed by atoms with Crippen molar-refractivity contribution >= 4 is 17.0 Å². The van der Waals surface area contributed by atoms with Crippen molar-refractivity contribution in [2.75, 3.05) is 5.73 Å². The number of hydrogen-bond acceptors (Lipinski definition) is 2. The topological polar surface area (TPSA) is 43.8 Å².